The molecular weight excluding hydrogens is 362 g/mol. The molecule has 7 nitrogen and oxygen atoms in total. The van der Waals surface area contributed by atoms with Gasteiger partial charge in [0.2, 0.25) is 0 Å². The zero-order chi connectivity index (χ0) is 21.5. The number of rotatable bonds is 4. The standard InChI is InChI=1S/C11H18N4.C9H13N3.C2H6/c1-10(2)14-6-8-15(9-7-14)11(13)4-3-5-12;1-2-9(8-11-3-1)12-6-4-10-5-7-12;1-2/h3-5,12-13H,1,6-9H2,2H3;1-3,8,10H,4-7H2;1-2H3/b4-3-,12-5?,13-11?;;. The van der Waals surface area contributed by atoms with Crippen LogP contribution >= 0.6 is 0 Å². The van der Waals surface area contributed by atoms with Gasteiger partial charge in [-0.25, -0.2) is 0 Å². The fourth-order valence-electron chi connectivity index (χ4n) is 3.04. The maximum Gasteiger partial charge on any atom is 0.120 e. The first-order valence-corrected chi connectivity index (χ1v) is 10.4. The molecule has 1 aromatic rings. The molecule has 0 radical (unpaired) electrons. The molecule has 0 bridgehead atoms. The number of pyridine rings is 1. The Labute approximate surface area is 176 Å². The Morgan fingerprint density at radius 3 is 2.24 bits per heavy atom. The Bertz CT molecular complexity index is 628. The van der Waals surface area contributed by atoms with Gasteiger partial charge in [0.15, 0.2) is 0 Å². The van der Waals surface area contributed by atoms with Crippen LogP contribution in [-0.4, -0.2) is 79.2 Å². The third kappa shape index (κ3) is 8.91. The lowest BCUT2D eigenvalue weighted by molar-refractivity contribution is 0.223. The van der Waals surface area contributed by atoms with E-state index in [-0.39, 0.29) is 0 Å². The van der Waals surface area contributed by atoms with Gasteiger partial charge in [-0.3, -0.25) is 10.4 Å². The Hall–Kier alpha value is -2.67. The lowest BCUT2D eigenvalue weighted by atomic mass is 10.3. The molecule has 1 aromatic heterocycles. The summed E-state index contributed by atoms with van der Waals surface area (Å²) in [5, 5.41) is 17.9. The molecule has 2 aliphatic heterocycles. The van der Waals surface area contributed by atoms with E-state index < -0.39 is 0 Å². The van der Waals surface area contributed by atoms with E-state index in [1.807, 2.05) is 44.1 Å². The molecule has 0 amide bonds. The molecule has 0 saturated carbocycles. The van der Waals surface area contributed by atoms with Gasteiger partial charge in [0.25, 0.3) is 0 Å². The van der Waals surface area contributed by atoms with Crippen LogP contribution in [0.3, 0.4) is 0 Å². The summed E-state index contributed by atoms with van der Waals surface area (Å²) in [5.74, 6) is 0.486. The first kappa shape index (κ1) is 24.4. The van der Waals surface area contributed by atoms with Gasteiger partial charge in [0.1, 0.15) is 5.84 Å². The second-order valence-electron chi connectivity index (χ2n) is 6.57. The van der Waals surface area contributed by atoms with E-state index in [0.717, 1.165) is 58.1 Å². The summed E-state index contributed by atoms with van der Waals surface area (Å²) in [6, 6.07) is 4.09. The molecular formula is C22H37N7. The van der Waals surface area contributed by atoms with E-state index in [4.69, 9.17) is 10.8 Å². The Kier molecular flexibility index (Phi) is 12.1. The van der Waals surface area contributed by atoms with Crippen molar-refractivity contribution < 1.29 is 0 Å². The summed E-state index contributed by atoms with van der Waals surface area (Å²) < 4.78 is 0. The van der Waals surface area contributed by atoms with Crippen LogP contribution in [0, 0.1) is 10.8 Å². The van der Waals surface area contributed by atoms with Gasteiger partial charge < -0.3 is 25.4 Å². The van der Waals surface area contributed by atoms with Gasteiger partial charge in [0, 0.05) is 70.5 Å². The van der Waals surface area contributed by atoms with Crippen LogP contribution in [0.4, 0.5) is 5.69 Å². The van der Waals surface area contributed by atoms with Crippen molar-refractivity contribution in [2.75, 3.05) is 57.3 Å². The molecule has 0 unspecified atom stereocenters. The van der Waals surface area contributed by atoms with Gasteiger partial charge in [-0.05, 0) is 31.2 Å². The molecule has 2 fully saturated rings. The fourth-order valence-corrected chi connectivity index (χ4v) is 3.04. The Morgan fingerprint density at radius 2 is 1.72 bits per heavy atom. The highest BCUT2D eigenvalue weighted by Crippen LogP contribution is 2.11. The molecule has 7 heteroatoms. The van der Waals surface area contributed by atoms with Gasteiger partial charge in [-0.1, -0.05) is 20.4 Å². The van der Waals surface area contributed by atoms with E-state index in [0.29, 0.717) is 5.84 Å². The van der Waals surface area contributed by atoms with Crippen LogP contribution in [-0.2, 0) is 0 Å². The van der Waals surface area contributed by atoms with Crippen molar-refractivity contribution in [3.05, 3.63) is 49.0 Å². The number of nitrogens with one attached hydrogen (secondary N) is 3. The van der Waals surface area contributed by atoms with Crippen LogP contribution in [0.5, 0.6) is 0 Å². The summed E-state index contributed by atoms with van der Waals surface area (Å²) in [4.78, 5) is 10.7. The Morgan fingerprint density at radius 1 is 1.10 bits per heavy atom. The molecule has 0 aromatic carbocycles. The maximum absolute atomic E-state index is 7.75. The molecule has 160 valence electrons. The monoisotopic (exact) mass is 399 g/mol. The summed E-state index contributed by atoms with van der Waals surface area (Å²) >= 11 is 0. The number of aromatic nitrogens is 1. The molecule has 3 N–H and O–H groups in total. The lowest BCUT2D eigenvalue weighted by Gasteiger charge is -2.36. The number of hydrogen-bond acceptors (Lipinski definition) is 6. The van der Waals surface area contributed by atoms with Crippen molar-refractivity contribution in [2.45, 2.75) is 20.8 Å². The number of nitrogens with zero attached hydrogens (tertiary/aromatic N) is 4. The number of anilines is 1. The average molecular weight is 400 g/mol. The second-order valence-corrected chi connectivity index (χ2v) is 6.57. The predicted molar refractivity (Wildman–Crippen MR) is 124 cm³/mol. The van der Waals surface area contributed by atoms with Gasteiger partial charge >= 0.3 is 0 Å². The first-order chi connectivity index (χ1) is 14.1. The average Bonchev–Trinajstić information content (AvgIpc) is 2.80. The van der Waals surface area contributed by atoms with Crippen molar-refractivity contribution >= 4 is 17.7 Å². The molecule has 0 aliphatic carbocycles. The normalized spacial score (nSPS) is 16.3. The SMILES string of the molecule is C=C(C)N1CCN(C(=N)/C=C\C=N)CC1.CC.c1cncc(N2CCNCC2)c1. The summed E-state index contributed by atoms with van der Waals surface area (Å²) in [7, 11) is 0. The minimum atomic E-state index is 0.486. The van der Waals surface area contributed by atoms with E-state index in [1.165, 1.54) is 11.9 Å². The van der Waals surface area contributed by atoms with Crippen molar-refractivity contribution in [1.29, 1.82) is 10.8 Å². The molecule has 29 heavy (non-hydrogen) atoms. The predicted octanol–water partition coefficient (Wildman–Crippen LogP) is 2.84. The zero-order valence-electron chi connectivity index (χ0n) is 18.2. The summed E-state index contributed by atoms with van der Waals surface area (Å²) in [5.41, 5.74) is 2.33. The largest absolute Gasteiger partial charge is 0.372 e. The van der Waals surface area contributed by atoms with E-state index in [2.05, 4.69) is 32.7 Å². The maximum atomic E-state index is 7.75. The second kappa shape index (κ2) is 14.3. The fraction of sp³-hybridized carbons (Fsp3) is 0.500. The summed E-state index contributed by atoms with van der Waals surface area (Å²) in [6.07, 6.45) is 8.16. The van der Waals surface area contributed by atoms with Crippen molar-refractivity contribution in [3.63, 3.8) is 0 Å². The van der Waals surface area contributed by atoms with E-state index >= 15 is 0 Å². The smallest absolute Gasteiger partial charge is 0.120 e. The van der Waals surface area contributed by atoms with Gasteiger partial charge in [-0.15, -0.1) is 0 Å². The van der Waals surface area contributed by atoms with Crippen LogP contribution in [0.2, 0.25) is 0 Å². The number of amidine groups is 1. The van der Waals surface area contributed by atoms with Crippen molar-refractivity contribution in [3.8, 4) is 0 Å². The Balaban J connectivity index is 0.000000272. The molecule has 0 atom stereocenters. The molecule has 2 saturated heterocycles. The van der Waals surface area contributed by atoms with Crippen LogP contribution in [0.1, 0.15) is 20.8 Å². The quantitative estimate of drug-likeness (QED) is 0.536. The third-order valence-corrected chi connectivity index (χ3v) is 4.64. The molecule has 3 heterocycles. The highest BCUT2D eigenvalue weighted by Gasteiger charge is 2.16. The number of hydrogen-bond donors (Lipinski definition) is 3. The lowest BCUT2D eigenvalue weighted by Crippen LogP contribution is -2.47. The minimum absolute atomic E-state index is 0.486. The minimum Gasteiger partial charge on any atom is -0.372 e. The van der Waals surface area contributed by atoms with Crippen LogP contribution < -0.4 is 10.2 Å². The van der Waals surface area contributed by atoms with Crippen molar-refractivity contribution in [1.82, 2.24) is 20.1 Å². The molecule has 3 rings (SSSR count). The first-order valence-electron chi connectivity index (χ1n) is 10.4. The highest BCUT2D eigenvalue weighted by atomic mass is 15.3. The number of allylic oxidation sites excluding steroid dienone is 2. The van der Waals surface area contributed by atoms with Crippen LogP contribution in [0.15, 0.2) is 49.0 Å². The summed E-state index contributed by atoms with van der Waals surface area (Å²) in [6.45, 7) is 17.8. The van der Waals surface area contributed by atoms with Crippen LogP contribution in [0.25, 0.3) is 0 Å². The zero-order valence-corrected chi connectivity index (χ0v) is 18.2. The van der Waals surface area contributed by atoms with Gasteiger partial charge in [0.05, 0.1) is 11.9 Å². The van der Waals surface area contributed by atoms with Crippen molar-refractivity contribution in [2.24, 2.45) is 0 Å². The van der Waals surface area contributed by atoms with E-state index in [9.17, 15) is 0 Å². The number of piperazine rings is 2. The third-order valence-electron chi connectivity index (χ3n) is 4.64. The van der Waals surface area contributed by atoms with E-state index in [1.54, 1.807) is 12.2 Å². The van der Waals surface area contributed by atoms with Gasteiger partial charge in [-0.2, -0.15) is 0 Å². The highest BCUT2D eigenvalue weighted by molar-refractivity contribution is 5.93. The molecule has 0 spiro atoms. The topological polar surface area (TPSA) is 82.3 Å². The molecule has 2 aliphatic rings.